The number of hydrogen-bond acceptors (Lipinski definition) is 2. The molecule has 4 rings (SSSR count). The first-order valence-electron chi connectivity index (χ1n) is 10.8. The molecule has 154 valence electrons. The number of nitrogens with one attached hydrogen (secondary N) is 1. The van der Waals surface area contributed by atoms with Gasteiger partial charge in [0.15, 0.2) is 0 Å². The summed E-state index contributed by atoms with van der Waals surface area (Å²) >= 11 is 0. The van der Waals surface area contributed by atoms with Crippen LogP contribution in [0.15, 0.2) is 75.6 Å². The molecule has 2 aliphatic carbocycles. The average Bonchev–Trinajstić information content (AvgIpc) is 2.71. The molecule has 0 radical (unpaired) electrons. The summed E-state index contributed by atoms with van der Waals surface area (Å²) in [5, 5.41) is 0. The lowest BCUT2D eigenvalue weighted by molar-refractivity contribution is 0.413. The van der Waals surface area contributed by atoms with Crippen molar-refractivity contribution in [2.45, 2.75) is 52.0 Å². The molecule has 3 nitrogen and oxygen atoms in total. The van der Waals surface area contributed by atoms with Gasteiger partial charge in [-0.2, -0.15) is 0 Å². The lowest BCUT2D eigenvalue weighted by Gasteiger charge is -2.45. The smallest absolute Gasteiger partial charge is 0.248 e. The summed E-state index contributed by atoms with van der Waals surface area (Å²) in [7, 11) is 0. The predicted molar refractivity (Wildman–Crippen MR) is 126 cm³/mol. The number of aromatic nitrogens is 1. The van der Waals surface area contributed by atoms with Gasteiger partial charge in [0.1, 0.15) is 5.54 Å². The van der Waals surface area contributed by atoms with E-state index in [4.69, 9.17) is 4.99 Å². The fourth-order valence-corrected chi connectivity index (χ4v) is 4.97. The minimum absolute atomic E-state index is 0.0414. The van der Waals surface area contributed by atoms with Crippen LogP contribution in [0.1, 0.15) is 62.4 Å². The monoisotopic (exact) mass is 398 g/mol. The Labute approximate surface area is 179 Å². The summed E-state index contributed by atoms with van der Waals surface area (Å²) in [5.74, 6) is 0.829. The van der Waals surface area contributed by atoms with Crippen LogP contribution in [-0.4, -0.2) is 11.2 Å². The maximum Gasteiger partial charge on any atom is 0.248 e. The van der Waals surface area contributed by atoms with Gasteiger partial charge < -0.3 is 4.98 Å². The summed E-state index contributed by atoms with van der Waals surface area (Å²) in [5.41, 5.74) is 6.88. The lowest BCUT2D eigenvalue weighted by atomic mass is 9.63. The maximum absolute atomic E-state index is 11.9. The van der Waals surface area contributed by atoms with Crippen LogP contribution in [0.5, 0.6) is 0 Å². The van der Waals surface area contributed by atoms with Crippen LogP contribution < -0.4 is 5.56 Å². The Bertz CT molecular complexity index is 1110. The van der Waals surface area contributed by atoms with Crippen LogP contribution >= 0.6 is 0 Å². The van der Waals surface area contributed by atoms with Crippen LogP contribution in [0.2, 0.25) is 0 Å². The van der Waals surface area contributed by atoms with Crippen LogP contribution in [0.25, 0.3) is 6.08 Å². The van der Waals surface area contributed by atoms with Crippen LogP contribution in [0.4, 0.5) is 0 Å². The molecule has 0 saturated carbocycles. The molecule has 2 bridgehead atoms. The molecule has 0 unspecified atom stereocenters. The van der Waals surface area contributed by atoms with E-state index >= 15 is 0 Å². The van der Waals surface area contributed by atoms with E-state index in [0.29, 0.717) is 11.8 Å². The molecule has 0 spiro atoms. The zero-order valence-corrected chi connectivity index (χ0v) is 18.3. The molecule has 0 amide bonds. The molecule has 1 heterocycles. The third-order valence-corrected chi connectivity index (χ3v) is 6.35. The molecule has 2 aromatic rings. The van der Waals surface area contributed by atoms with Crippen LogP contribution in [-0.2, 0) is 12.0 Å². The second-order valence-electron chi connectivity index (χ2n) is 8.78. The van der Waals surface area contributed by atoms with Crippen molar-refractivity contribution in [2.24, 2.45) is 10.9 Å². The molecule has 0 aliphatic heterocycles. The van der Waals surface area contributed by atoms with Crippen molar-refractivity contribution < 1.29 is 0 Å². The number of pyridine rings is 1. The lowest BCUT2D eigenvalue weighted by Crippen LogP contribution is -2.40. The topological polar surface area (TPSA) is 45.2 Å². The van der Waals surface area contributed by atoms with Crippen molar-refractivity contribution in [2.75, 3.05) is 0 Å². The molecule has 3 heteroatoms. The van der Waals surface area contributed by atoms with E-state index in [1.807, 2.05) is 18.4 Å². The highest BCUT2D eigenvalue weighted by molar-refractivity contribution is 5.79. The number of nitrogens with zero attached hydrogens (tertiary/aromatic N) is 1. The van der Waals surface area contributed by atoms with Gasteiger partial charge in [0.05, 0.1) is 0 Å². The standard InChI is InChI=1S/C27H30N2O/c1-5-23-22-15-19(4)17-27(23,24-12-13-26(30)29-25(24)16-22)28-14-6-7-20-8-10-21(11-9-20)18(2)3/h5-15,18,22H,16-17H2,1-4H3,(H,29,30)/b7-6+,23-5+,28-14+/t22-,27+/m0/s1. The van der Waals surface area contributed by atoms with Crippen LogP contribution in [0, 0.1) is 5.92 Å². The van der Waals surface area contributed by atoms with Gasteiger partial charge in [-0.15, -0.1) is 0 Å². The third kappa shape index (κ3) is 3.65. The van der Waals surface area contributed by atoms with Gasteiger partial charge in [0.25, 0.3) is 0 Å². The number of hydrogen-bond donors (Lipinski definition) is 1. The molecule has 2 aliphatic rings. The van der Waals surface area contributed by atoms with Gasteiger partial charge in [-0.3, -0.25) is 9.79 Å². The van der Waals surface area contributed by atoms with Gasteiger partial charge in [-0.1, -0.05) is 61.9 Å². The number of allylic oxidation sites excluding steroid dienone is 3. The van der Waals surface area contributed by atoms with Gasteiger partial charge >= 0.3 is 0 Å². The number of H-pyrrole nitrogens is 1. The number of rotatable bonds is 4. The number of aromatic amines is 1. The molecule has 30 heavy (non-hydrogen) atoms. The normalized spacial score (nSPS) is 24.6. The van der Waals surface area contributed by atoms with E-state index in [-0.39, 0.29) is 5.56 Å². The summed E-state index contributed by atoms with van der Waals surface area (Å²) in [6.45, 7) is 8.70. The van der Waals surface area contributed by atoms with Gasteiger partial charge in [0.2, 0.25) is 5.56 Å². The number of benzene rings is 1. The molecule has 0 saturated heterocycles. The molecular weight excluding hydrogens is 368 g/mol. The Morgan fingerprint density at radius 3 is 2.63 bits per heavy atom. The highest BCUT2D eigenvalue weighted by Gasteiger charge is 2.46. The maximum atomic E-state index is 11.9. The summed E-state index contributed by atoms with van der Waals surface area (Å²) in [4.78, 5) is 20.1. The van der Waals surface area contributed by atoms with E-state index in [1.54, 1.807) is 6.07 Å². The first kappa shape index (κ1) is 20.3. The first-order valence-corrected chi connectivity index (χ1v) is 10.8. The Morgan fingerprint density at radius 2 is 1.93 bits per heavy atom. The average molecular weight is 399 g/mol. The molecule has 1 aromatic heterocycles. The highest BCUT2D eigenvalue weighted by atomic mass is 16.1. The summed E-state index contributed by atoms with van der Waals surface area (Å²) < 4.78 is 0. The Morgan fingerprint density at radius 1 is 1.17 bits per heavy atom. The first-order chi connectivity index (χ1) is 14.4. The summed E-state index contributed by atoms with van der Waals surface area (Å²) in [6, 6.07) is 12.3. The molecule has 0 fully saturated rings. The Kier molecular flexibility index (Phi) is 5.46. The fraction of sp³-hybridized carbons (Fsp3) is 0.333. The molecule has 1 N–H and O–H groups in total. The fourth-order valence-electron chi connectivity index (χ4n) is 4.97. The van der Waals surface area contributed by atoms with Gasteiger partial charge in [-0.05, 0) is 55.0 Å². The van der Waals surface area contributed by atoms with E-state index in [0.717, 1.165) is 24.1 Å². The SMILES string of the molecule is C/C=C1\[C@H]2C=C(C)C[C@]1(/N=C/C=C/c1ccc(C(C)C)cc1)c1ccc(=O)[nH]c1C2. The largest absolute Gasteiger partial charge is 0.326 e. The zero-order valence-electron chi connectivity index (χ0n) is 18.3. The van der Waals surface area contributed by atoms with Crippen molar-refractivity contribution in [1.82, 2.24) is 4.98 Å². The van der Waals surface area contributed by atoms with Crippen molar-refractivity contribution in [1.29, 1.82) is 0 Å². The van der Waals surface area contributed by atoms with E-state index in [1.165, 1.54) is 22.3 Å². The van der Waals surface area contributed by atoms with Crippen molar-refractivity contribution in [3.63, 3.8) is 0 Å². The van der Waals surface area contributed by atoms with E-state index < -0.39 is 5.54 Å². The predicted octanol–water partition coefficient (Wildman–Crippen LogP) is 5.95. The van der Waals surface area contributed by atoms with Gasteiger partial charge in [0, 0.05) is 35.9 Å². The molecule has 1 aromatic carbocycles. The highest BCUT2D eigenvalue weighted by Crippen LogP contribution is 2.51. The van der Waals surface area contributed by atoms with Crippen molar-refractivity contribution >= 4 is 12.3 Å². The number of fused-ring (bicyclic) bond motifs is 4. The third-order valence-electron chi connectivity index (χ3n) is 6.35. The van der Waals surface area contributed by atoms with Crippen molar-refractivity contribution in [3.8, 4) is 0 Å². The molecule has 2 atom stereocenters. The zero-order chi connectivity index (χ0) is 21.3. The van der Waals surface area contributed by atoms with Crippen molar-refractivity contribution in [3.05, 3.63) is 98.5 Å². The quantitative estimate of drug-likeness (QED) is 0.502. The Hall–Kier alpha value is -2.94. The van der Waals surface area contributed by atoms with E-state index in [9.17, 15) is 4.79 Å². The molecular formula is C27H30N2O. The second kappa shape index (κ2) is 8.06. The minimum Gasteiger partial charge on any atom is -0.326 e. The summed E-state index contributed by atoms with van der Waals surface area (Å²) in [6.07, 6.45) is 12.3. The second-order valence-corrected chi connectivity index (χ2v) is 8.78. The van der Waals surface area contributed by atoms with E-state index in [2.05, 4.69) is 75.2 Å². The van der Waals surface area contributed by atoms with Crippen LogP contribution in [0.3, 0.4) is 0 Å². The minimum atomic E-state index is -0.429. The van der Waals surface area contributed by atoms with Gasteiger partial charge in [-0.25, -0.2) is 0 Å². The number of aliphatic imine (C=N–C) groups is 1. The Balaban J connectivity index is 1.69.